The third-order valence-electron chi connectivity index (χ3n) is 4.76. The van der Waals surface area contributed by atoms with Gasteiger partial charge in [0, 0.05) is 17.2 Å². The Hall–Kier alpha value is -1.23. The highest BCUT2D eigenvalue weighted by Gasteiger charge is 2.29. The van der Waals surface area contributed by atoms with E-state index in [9.17, 15) is 4.39 Å². The molecule has 0 spiro atoms. The van der Waals surface area contributed by atoms with Gasteiger partial charge in [-0.1, -0.05) is 12.1 Å². The Morgan fingerprint density at radius 3 is 2.44 bits per heavy atom. The summed E-state index contributed by atoms with van der Waals surface area (Å²) in [4.78, 5) is 3.67. The topological polar surface area (TPSA) is 12.5 Å². The molecule has 2 nitrogen and oxygen atoms in total. The van der Waals surface area contributed by atoms with Crippen LogP contribution in [0.5, 0.6) is 5.75 Å². The number of benzene rings is 2. The monoisotopic (exact) mass is 380 g/mol. The number of methoxy groups -OCH3 is 1. The van der Waals surface area contributed by atoms with E-state index in [0.717, 1.165) is 31.0 Å². The van der Waals surface area contributed by atoms with Crippen molar-refractivity contribution in [3.05, 3.63) is 59.9 Å². The fourth-order valence-corrected chi connectivity index (χ4v) is 4.48. The molecule has 2 aromatic rings. The summed E-state index contributed by atoms with van der Waals surface area (Å²) in [6.07, 6.45) is 1.13. The van der Waals surface area contributed by atoms with Gasteiger partial charge in [-0.15, -0.1) is 11.8 Å². The van der Waals surface area contributed by atoms with Crippen LogP contribution in [0.2, 0.25) is 0 Å². The van der Waals surface area contributed by atoms with Crippen LogP contribution in [0.3, 0.4) is 0 Å². The predicted octanol–water partition coefficient (Wildman–Crippen LogP) is 1.67. The van der Waals surface area contributed by atoms with Crippen molar-refractivity contribution in [1.82, 2.24) is 4.90 Å². The number of thioether (sulfide) groups is 1. The molecule has 1 heterocycles. The Labute approximate surface area is 160 Å². The smallest absolute Gasteiger partial charge is 0.123 e. The first-order valence-corrected chi connectivity index (χ1v) is 9.35. The third kappa shape index (κ3) is 5.37. The summed E-state index contributed by atoms with van der Waals surface area (Å²) in [7, 11) is 3.87. The molecule has 1 aliphatic heterocycles. The molecule has 0 N–H and O–H groups in total. The van der Waals surface area contributed by atoms with Crippen LogP contribution in [0.25, 0.3) is 0 Å². The fraction of sp³-hybridized carbons (Fsp3) is 0.400. The minimum Gasteiger partial charge on any atom is -1.00 e. The molecule has 136 valence electrons. The van der Waals surface area contributed by atoms with Crippen LogP contribution in [0, 0.1) is 11.7 Å². The molecule has 0 radical (unpaired) electrons. The van der Waals surface area contributed by atoms with Gasteiger partial charge in [0.2, 0.25) is 0 Å². The van der Waals surface area contributed by atoms with Crippen LogP contribution in [-0.2, 0) is 0 Å². The van der Waals surface area contributed by atoms with Gasteiger partial charge in [0.15, 0.2) is 0 Å². The van der Waals surface area contributed by atoms with Gasteiger partial charge < -0.3 is 22.0 Å². The normalized spacial score (nSPS) is 20.8. The highest BCUT2D eigenvalue weighted by atomic mass is 35.5. The molecule has 0 saturated carbocycles. The Morgan fingerprint density at radius 2 is 1.80 bits per heavy atom. The zero-order valence-electron chi connectivity index (χ0n) is 14.6. The lowest BCUT2D eigenvalue weighted by Gasteiger charge is -2.37. The van der Waals surface area contributed by atoms with Gasteiger partial charge in [-0.25, -0.2) is 4.39 Å². The van der Waals surface area contributed by atoms with E-state index in [1.165, 1.54) is 10.5 Å². The van der Waals surface area contributed by atoms with Crippen molar-refractivity contribution in [3.8, 4) is 5.75 Å². The molecule has 0 aromatic heterocycles. The largest absolute Gasteiger partial charge is 1.00 e. The summed E-state index contributed by atoms with van der Waals surface area (Å²) in [5.41, 5.74) is 1.27. The Morgan fingerprint density at radius 1 is 1.12 bits per heavy atom. The molecule has 2 aromatic carbocycles. The van der Waals surface area contributed by atoms with Crippen LogP contribution in [0.1, 0.15) is 17.9 Å². The van der Waals surface area contributed by atoms with Gasteiger partial charge in [-0.3, -0.25) is 0 Å². The van der Waals surface area contributed by atoms with Crippen molar-refractivity contribution < 1.29 is 21.5 Å². The number of hydrogen-bond acceptors (Lipinski definition) is 3. The third-order valence-corrected chi connectivity index (χ3v) is 5.96. The van der Waals surface area contributed by atoms with Crippen molar-refractivity contribution in [2.45, 2.75) is 17.2 Å². The molecule has 1 fully saturated rings. The molecule has 25 heavy (non-hydrogen) atoms. The van der Waals surface area contributed by atoms with Gasteiger partial charge in [-0.05, 0) is 73.8 Å². The first-order valence-electron chi connectivity index (χ1n) is 8.36. The van der Waals surface area contributed by atoms with Crippen LogP contribution in [-0.4, -0.2) is 37.9 Å². The maximum atomic E-state index is 13.2. The van der Waals surface area contributed by atoms with E-state index in [-0.39, 0.29) is 18.2 Å². The number of rotatable bonds is 5. The lowest BCUT2D eigenvalue weighted by molar-refractivity contribution is -0.00000581. The molecule has 2 atom stereocenters. The number of halogens is 2. The summed E-state index contributed by atoms with van der Waals surface area (Å²) in [6, 6.07) is 15.3. The lowest BCUT2D eigenvalue weighted by atomic mass is 9.81. The molecule has 2 unspecified atom stereocenters. The standard InChI is InChI=1S/C20H24FNOS.ClH/c1-22-12-11-20(15-3-5-17(21)6-4-15)16(13-22)14-24-19-9-7-18(23-2)8-10-19;/h3-10,16,20H,11-14H2,1-2H3;1H/p-1. The van der Waals surface area contributed by atoms with Crippen molar-refractivity contribution in [1.29, 1.82) is 0 Å². The van der Waals surface area contributed by atoms with Gasteiger partial charge >= 0.3 is 0 Å². The van der Waals surface area contributed by atoms with Gasteiger partial charge in [0.05, 0.1) is 7.11 Å². The predicted molar refractivity (Wildman–Crippen MR) is 98.5 cm³/mol. The van der Waals surface area contributed by atoms with E-state index in [1.807, 2.05) is 36.0 Å². The van der Waals surface area contributed by atoms with Gasteiger partial charge in [0.25, 0.3) is 0 Å². The van der Waals surface area contributed by atoms with Crippen molar-refractivity contribution in [2.75, 3.05) is 33.0 Å². The molecule has 0 bridgehead atoms. The van der Waals surface area contributed by atoms with Crippen molar-refractivity contribution in [2.24, 2.45) is 5.92 Å². The van der Waals surface area contributed by atoms with E-state index >= 15 is 0 Å². The number of nitrogens with zero attached hydrogens (tertiary/aromatic N) is 1. The van der Waals surface area contributed by atoms with Crippen molar-refractivity contribution in [3.63, 3.8) is 0 Å². The van der Waals surface area contributed by atoms with Crippen LogP contribution in [0.4, 0.5) is 4.39 Å². The van der Waals surface area contributed by atoms with E-state index in [4.69, 9.17) is 4.74 Å². The Kier molecular flexibility index (Phi) is 7.60. The average Bonchev–Trinajstić information content (AvgIpc) is 2.61. The zero-order valence-corrected chi connectivity index (χ0v) is 16.2. The average molecular weight is 381 g/mol. The summed E-state index contributed by atoms with van der Waals surface area (Å²) in [6.45, 7) is 2.19. The summed E-state index contributed by atoms with van der Waals surface area (Å²) in [5, 5.41) is 0. The van der Waals surface area contributed by atoms with E-state index in [1.54, 1.807) is 19.2 Å². The summed E-state index contributed by atoms with van der Waals surface area (Å²) >= 11 is 1.89. The lowest BCUT2D eigenvalue weighted by Crippen LogP contribution is -3.00. The molecular formula is C20H24ClFNOS-. The molecule has 1 aliphatic rings. The van der Waals surface area contributed by atoms with Crippen LogP contribution >= 0.6 is 11.8 Å². The fourth-order valence-electron chi connectivity index (χ4n) is 3.41. The van der Waals surface area contributed by atoms with E-state index in [2.05, 4.69) is 24.1 Å². The summed E-state index contributed by atoms with van der Waals surface area (Å²) in [5.74, 6) is 2.88. The van der Waals surface area contributed by atoms with Crippen molar-refractivity contribution >= 4 is 11.8 Å². The van der Waals surface area contributed by atoms with Gasteiger partial charge in [-0.2, -0.15) is 0 Å². The zero-order chi connectivity index (χ0) is 16.9. The van der Waals surface area contributed by atoms with Crippen LogP contribution in [0.15, 0.2) is 53.4 Å². The number of piperidine rings is 1. The van der Waals surface area contributed by atoms with Crippen LogP contribution < -0.4 is 17.1 Å². The van der Waals surface area contributed by atoms with E-state index < -0.39 is 0 Å². The van der Waals surface area contributed by atoms with E-state index in [0.29, 0.717) is 11.8 Å². The molecule has 5 heteroatoms. The SMILES string of the molecule is COc1ccc(SCC2CN(C)CCC2c2ccc(F)cc2)cc1.[Cl-]. The maximum absolute atomic E-state index is 13.2. The first-order chi connectivity index (χ1) is 11.7. The number of ether oxygens (including phenoxy) is 1. The molecule has 3 rings (SSSR count). The minimum absolute atomic E-state index is 0. The highest BCUT2D eigenvalue weighted by Crippen LogP contribution is 2.36. The molecular weight excluding hydrogens is 357 g/mol. The number of likely N-dealkylation sites (tertiary alicyclic amines) is 1. The first kappa shape index (κ1) is 20.1. The second kappa shape index (κ2) is 9.46. The van der Waals surface area contributed by atoms with Gasteiger partial charge in [0.1, 0.15) is 11.6 Å². The molecule has 0 amide bonds. The maximum Gasteiger partial charge on any atom is 0.123 e. The second-order valence-corrected chi connectivity index (χ2v) is 7.55. The Bertz CT molecular complexity index is 650. The highest BCUT2D eigenvalue weighted by molar-refractivity contribution is 7.99. The second-order valence-electron chi connectivity index (χ2n) is 6.46. The quantitative estimate of drug-likeness (QED) is 0.732. The summed E-state index contributed by atoms with van der Waals surface area (Å²) < 4.78 is 18.4. The minimum atomic E-state index is -0.157. The Balaban J connectivity index is 0.00000225. The molecule has 1 saturated heterocycles. The molecule has 0 aliphatic carbocycles. The number of hydrogen-bond donors (Lipinski definition) is 0.